The monoisotopic (exact) mass is 466 g/mol. The van der Waals surface area contributed by atoms with Gasteiger partial charge in [0.15, 0.2) is 0 Å². The Morgan fingerprint density at radius 2 is 1.64 bits per heavy atom. The predicted octanol–water partition coefficient (Wildman–Crippen LogP) is 4.34. The van der Waals surface area contributed by atoms with Crippen molar-refractivity contribution in [3.63, 3.8) is 0 Å². The van der Waals surface area contributed by atoms with Gasteiger partial charge >= 0.3 is 5.97 Å². The molecule has 0 fully saturated rings. The number of phenols is 1. The lowest BCUT2D eigenvalue weighted by Gasteiger charge is -2.16. The molecular formula is C25H23ClN2O5. The molecule has 0 aromatic heterocycles. The Bertz CT molecular complexity index is 1190. The minimum atomic E-state index is -1.17. The summed E-state index contributed by atoms with van der Waals surface area (Å²) in [5.41, 5.74) is 3.15. The molecular weight excluding hydrogens is 444 g/mol. The first kappa shape index (κ1) is 23.8. The third-order valence-electron chi connectivity index (χ3n) is 5.16. The molecule has 3 aromatic rings. The van der Waals surface area contributed by atoms with Crippen LogP contribution in [0.1, 0.15) is 37.4 Å². The number of phenolic OH excluding ortho intramolecular Hbond substituents is 1. The Morgan fingerprint density at radius 1 is 0.939 bits per heavy atom. The Morgan fingerprint density at radius 3 is 2.24 bits per heavy atom. The van der Waals surface area contributed by atoms with E-state index in [0.717, 1.165) is 5.56 Å². The second kappa shape index (κ2) is 10.2. The number of carboxylic acid groups (broad SMARTS) is 1. The molecule has 0 saturated heterocycles. The van der Waals surface area contributed by atoms with Gasteiger partial charge in [-0.25, -0.2) is 4.79 Å². The van der Waals surface area contributed by atoms with Crippen LogP contribution in [0.3, 0.4) is 0 Å². The second-order valence-electron chi connectivity index (χ2n) is 7.65. The quantitative estimate of drug-likeness (QED) is 0.413. The summed E-state index contributed by atoms with van der Waals surface area (Å²) in [6.45, 7) is 3.45. The van der Waals surface area contributed by atoms with Crippen LogP contribution in [0.15, 0.2) is 60.7 Å². The zero-order valence-corrected chi connectivity index (χ0v) is 18.8. The fraction of sp³-hybridized carbons (Fsp3) is 0.160. The van der Waals surface area contributed by atoms with Crippen LogP contribution >= 0.6 is 11.6 Å². The number of carbonyl (C=O) groups is 3. The summed E-state index contributed by atoms with van der Waals surface area (Å²) in [6, 6.07) is 15.0. The van der Waals surface area contributed by atoms with Crippen LogP contribution in [0, 0.1) is 13.8 Å². The molecule has 0 saturated carbocycles. The molecule has 170 valence electrons. The van der Waals surface area contributed by atoms with Gasteiger partial charge in [-0.15, -0.1) is 0 Å². The molecule has 0 aliphatic carbocycles. The smallest absolute Gasteiger partial charge is 0.326 e. The van der Waals surface area contributed by atoms with Crippen LogP contribution < -0.4 is 10.6 Å². The van der Waals surface area contributed by atoms with Gasteiger partial charge in [-0.1, -0.05) is 35.9 Å². The van der Waals surface area contributed by atoms with E-state index in [9.17, 15) is 24.6 Å². The molecule has 0 spiro atoms. The Labute approximate surface area is 196 Å². The first-order valence-electron chi connectivity index (χ1n) is 10.1. The molecule has 8 heteroatoms. The van der Waals surface area contributed by atoms with Crippen molar-refractivity contribution in [2.45, 2.75) is 26.3 Å². The topological polar surface area (TPSA) is 116 Å². The van der Waals surface area contributed by atoms with E-state index in [-0.39, 0.29) is 23.6 Å². The lowest BCUT2D eigenvalue weighted by Crippen LogP contribution is -2.42. The number of hydrogen-bond acceptors (Lipinski definition) is 4. The maximum absolute atomic E-state index is 12.6. The largest absolute Gasteiger partial charge is 0.508 e. The van der Waals surface area contributed by atoms with E-state index in [1.54, 1.807) is 56.3 Å². The van der Waals surface area contributed by atoms with Crippen LogP contribution in [0.25, 0.3) is 0 Å². The van der Waals surface area contributed by atoms with E-state index in [2.05, 4.69) is 10.6 Å². The van der Waals surface area contributed by atoms with Crippen molar-refractivity contribution >= 4 is 35.1 Å². The van der Waals surface area contributed by atoms with Gasteiger partial charge in [0.25, 0.3) is 11.8 Å². The van der Waals surface area contributed by atoms with Crippen molar-refractivity contribution in [3.8, 4) is 5.75 Å². The van der Waals surface area contributed by atoms with E-state index < -0.39 is 17.9 Å². The van der Waals surface area contributed by atoms with Crippen molar-refractivity contribution in [2.75, 3.05) is 5.32 Å². The SMILES string of the molecule is Cc1cc(O)ccc1C(=O)NC(Cc1ccc(NC(=O)c2c(C)cccc2Cl)cc1)C(=O)O. The molecule has 3 aromatic carbocycles. The van der Waals surface area contributed by atoms with E-state index in [1.165, 1.54) is 18.2 Å². The third-order valence-corrected chi connectivity index (χ3v) is 5.47. The van der Waals surface area contributed by atoms with Gasteiger partial charge in [0.2, 0.25) is 0 Å². The Balaban J connectivity index is 1.68. The maximum atomic E-state index is 12.6. The summed E-state index contributed by atoms with van der Waals surface area (Å²) >= 11 is 6.14. The summed E-state index contributed by atoms with van der Waals surface area (Å²) in [4.78, 5) is 36.8. The molecule has 0 heterocycles. The number of carbonyl (C=O) groups excluding carboxylic acids is 2. The minimum absolute atomic E-state index is 0.0238. The number of nitrogens with one attached hydrogen (secondary N) is 2. The highest BCUT2D eigenvalue weighted by Gasteiger charge is 2.22. The first-order chi connectivity index (χ1) is 15.7. The minimum Gasteiger partial charge on any atom is -0.508 e. The zero-order chi connectivity index (χ0) is 24.1. The molecule has 1 unspecified atom stereocenters. The molecule has 4 N–H and O–H groups in total. The predicted molar refractivity (Wildman–Crippen MR) is 126 cm³/mol. The standard InChI is InChI=1S/C25H23ClN2O5/c1-14-4-3-5-20(26)22(14)24(31)27-17-8-6-16(7-9-17)13-21(25(32)33)28-23(30)19-11-10-18(29)12-15(19)2/h3-12,21,29H,13H2,1-2H3,(H,27,31)(H,28,30)(H,32,33). The van der Waals surface area contributed by atoms with Crippen molar-refractivity contribution in [1.29, 1.82) is 0 Å². The number of anilines is 1. The van der Waals surface area contributed by atoms with Crippen LogP contribution in [0.4, 0.5) is 5.69 Å². The van der Waals surface area contributed by atoms with Gasteiger partial charge in [0, 0.05) is 17.7 Å². The lowest BCUT2D eigenvalue weighted by atomic mass is 10.0. The van der Waals surface area contributed by atoms with Crippen molar-refractivity contribution in [2.24, 2.45) is 0 Å². The molecule has 0 aliphatic rings. The molecule has 1 atom stereocenters. The van der Waals surface area contributed by atoms with Gasteiger partial charge in [0.1, 0.15) is 11.8 Å². The number of benzene rings is 3. The summed E-state index contributed by atoms with van der Waals surface area (Å²) in [7, 11) is 0. The van der Waals surface area contributed by atoms with E-state index in [0.29, 0.717) is 27.4 Å². The number of carboxylic acids is 1. The molecule has 0 aliphatic heterocycles. The van der Waals surface area contributed by atoms with Gasteiger partial charge < -0.3 is 20.8 Å². The lowest BCUT2D eigenvalue weighted by molar-refractivity contribution is -0.139. The summed E-state index contributed by atoms with van der Waals surface area (Å²) in [6.07, 6.45) is 0.0516. The Kier molecular flexibility index (Phi) is 7.35. The zero-order valence-electron chi connectivity index (χ0n) is 18.1. The normalized spacial score (nSPS) is 11.5. The summed E-state index contributed by atoms with van der Waals surface area (Å²) in [5.74, 6) is -2.04. The van der Waals surface area contributed by atoms with Crippen LogP contribution in [-0.2, 0) is 11.2 Å². The Hall–Kier alpha value is -3.84. The maximum Gasteiger partial charge on any atom is 0.326 e. The summed E-state index contributed by atoms with van der Waals surface area (Å²) in [5, 5.41) is 24.7. The number of aliphatic carboxylic acids is 1. The van der Waals surface area contributed by atoms with Crippen LogP contribution in [0.2, 0.25) is 5.02 Å². The average molecular weight is 467 g/mol. The molecule has 0 radical (unpaired) electrons. The summed E-state index contributed by atoms with van der Waals surface area (Å²) < 4.78 is 0. The number of rotatable bonds is 7. The highest BCUT2D eigenvalue weighted by molar-refractivity contribution is 6.34. The molecule has 2 amide bonds. The number of aromatic hydroxyl groups is 1. The number of halogens is 1. The number of aryl methyl sites for hydroxylation is 2. The van der Waals surface area contributed by atoms with Gasteiger partial charge in [-0.2, -0.15) is 0 Å². The van der Waals surface area contributed by atoms with Crippen molar-refractivity contribution in [1.82, 2.24) is 5.32 Å². The highest BCUT2D eigenvalue weighted by atomic mass is 35.5. The van der Waals surface area contributed by atoms with E-state index in [4.69, 9.17) is 11.6 Å². The third kappa shape index (κ3) is 5.90. The fourth-order valence-corrected chi connectivity index (χ4v) is 3.72. The van der Waals surface area contributed by atoms with Crippen LogP contribution in [-0.4, -0.2) is 34.0 Å². The molecule has 33 heavy (non-hydrogen) atoms. The van der Waals surface area contributed by atoms with Gasteiger partial charge in [-0.3, -0.25) is 9.59 Å². The molecule has 0 bridgehead atoms. The van der Waals surface area contributed by atoms with Crippen molar-refractivity contribution < 1.29 is 24.6 Å². The molecule has 3 rings (SSSR count). The van der Waals surface area contributed by atoms with Crippen LogP contribution in [0.5, 0.6) is 5.75 Å². The fourth-order valence-electron chi connectivity index (χ4n) is 3.41. The van der Waals surface area contributed by atoms with Gasteiger partial charge in [-0.05, 0) is 66.9 Å². The van der Waals surface area contributed by atoms with Crippen molar-refractivity contribution in [3.05, 3.63) is 93.5 Å². The number of hydrogen-bond donors (Lipinski definition) is 4. The van der Waals surface area contributed by atoms with E-state index >= 15 is 0 Å². The van der Waals surface area contributed by atoms with Gasteiger partial charge in [0.05, 0.1) is 10.6 Å². The second-order valence-corrected chi connectivity index (χ2v) is 8.06. The van der Waals surface area contributed by atoms with E-state index in [1.807, 2.05) is 0 Å². The highest BCUT2D eigenvalue weighted by Crippen LogP contribution is 2.21. The first-order valence-corrected chi connectivity index (χ1v) is 10.5. The molecule has 7 nitrogen and oxygen atoms in total. The average Bonchev–Trinajstić information content (AvgIpc) is 2.74. The number of amides is 2.